The molecule has 1 aromatic carbocycles. The van der Waals surface area contributed by atoms with E-state index in [4.69, 9.17) is 4.74 Å². The van der Waals surface area contributed by atoms with Gasteiger partial charge in [0.05, 0.1) is 12.1 Å². The van der Waals surface area contributed by atoms with Crippen LogP contribution in [0.1, 0.15) is 46.4 Å². The Morgan fingerprint density at radius 2 is 1.73 bits per heavy atom. The fourth-order valence-corrected chi connectivity index (χ4v) is 3.91. The van der Waals surface area contributed by atoms with Crippen molar-refractivity contribution >= 4 is 11.8 Å². The first kappa shape index (κ1) is 20.3. The molecular weight excluding hydrogens is 392 g/mol. The minimum atomic E-state index is -0.886. The molecule has 0 aliphatic carbocycles. The molecule has 158 valence electrons. The number of aromatic nitrogens is 1. The van der Waals surface area contributed by atoms with Gasteiger partial charge in [-0.1, -0.05) is 0 Å². The number of carbonyl (C=O) groups excluding carboxylic acids is 2. The van der Waals surface area contributed by atoms with Gasteiger partial charge in [-0.15, -0.1) is 0 Å². The summed E-state index contributed by atoms with van der Waals surface area (Å²) in [6.45, 7) is 2.07. The predicted octanol–water partition coefficient (Wildman–Crippen LogP) is 3.28. The zero-order valence-corrected chi connectivity index (χ0v) is 16.5. The summed E-state index contributed by atoms with van der Waals surface area (Å²) in [5.41, 5.74) is 0.240. The van der Waals surface area contributed by atoms with Crippen LogP contribution in [0.15, 0.2) is 36.5 Å². The van der Waals surface area contributed by atoms with Gasteiger partial charge in [-0.3, -0.25) is 9.59 Å². The number of likely N-dealkylation sites (tertiary alicyclic amines) is 2. The Balaban J connectivity index is 1.43. The van der Waals surface area contributed by atoms with Gasteiger partial charge in [0.25, 0.3) is 11.8 Å². The molecule has 30 heavy (non-hydrogen) atoms. The molecule has 0 saturated carbocycles. The SMILES string of the molecule is O=C(c1ccc(F)cc1F)N1CCC(Oc2ncccc2C(=O)N2CCCCC2)C1. The number of amides is 2. The van der Waals surface area contributed by atoms with E-state index >= 15 is 0 Å². The van der Waals surface area contributed by atoms with Crippen LogP contribution in [0.25, 0.3) is 0 Å². The van der Waals surface area contributed by atoms with Crippen LogP contribution in [0.2, 0.25) is 0 Å². The molecule has 8 heteroatoms. The smallest absolute Gasteiger partial charge is 0.259 e. The summed E-state index contributed by atoms with van der Waals surface area (Å²) in [7, 11) is 0. The van der Waals surface area contributed by atoms with E-state index in [1.165, 1.54) is 4.90 Å². The summed E-state index contributed by atoms with van der Waals surface area (Å²) in [4.78, 5) is 33.0. The van der Waals surface area contributed by atoms with Gasteiger partial charge in [0.1, 0.15) is 23.3 Å². The number of piperidine rings is 1. The number of hydrogen-bond acceptors (Lipinski definition) is 4. The Bertz CT molecular complexity index is 947. The summed E-state index contributed by atoms with van der Waals surface area (Å²) in [5.74, 6) is -1.97. The lowest BCUT2D eigenvalue weighted by Gasteiger charge is -2.27. The third-order valence-corrected chi connectivity index (χ3v) is 5.52. The quantitative estimate of drug-likeness (QED) is 0.769. The first-order valence-electron chi connectivity index (χ1n) is 10.2. The molecule has 1 unspecified atom stereocenters. The maximum absolute atomic E-state index is 13.9. The second-order valence-corrected chi connectivity index (χ2v) is 7.61. The standard InChI is InChI=1S/C22H23F2N3O3/c23-15-6-7-17(19(24)13-15)21(28)27-12-8-16(14-27)30-20-18(5-4-9-25-20)22(29)26-10-2-1-3-11-26/h4-7,9,13,16H,1-3,8,10-12,14H2. The fraction of sp³-hybridized carbons (Fsp3) is 0.409. The van der Waals surface area contributed by atoms with Crippen LogP contribution in [0.5, 0.6) is 5.88 Å². The summed E-state index contributed by atoms with van der Waals surface area (Å²) in [6.07, 6.45) is 4.83. The molecule has 0 radical (unpaired) electrons. The average Bonchev–Trinajstić information content (AvgIpc) is 3.22. The monoisotopic (exact) mass is 415 g/mol. The number of pyridine rings is 1. The highest BCUT2D eigenvalue weighted by Gasteiger charge is 2.31. The number of halogens is 2. The van der Waals surface area contributed by atoms with Crippen LogP contribution in [-0.2, 0) is 0 Å². The predicted molar refractivity (Wildman–Crippen MR) is 105 cm³/mol. The van der Waals surface area contributed by atoms with E-state index in [2.05, 4.69) is 4.98 Å². The minimum Gasteiger partial charge on any atom is -0.472 e. The van der Waals surface area contributed by atoms with Crippen LogP contribution in [0.3, 0.4) is 0 Å². The van der Waals surface area contributed by atoms with Gasteiger partial charge >= 0.3 is 0 Å². The Kier molecular flexibility index (Phi) is 5.92. The van der Waals surface area contributed by atoms with Gasteiger partial charge in [-0.05, 0) is 43.5 Å². The maximum Gasteiger partial charge on any atom is 0.259 e. The van der Waals surface area contributed by atoms with Crippen LogP contribution in [-0.4, -0.2) is 58.9 Å². The van der Waals surface area contributed by atoms with E-state index in [1.807, 2.05) is 4.90 Å². The average molecular weight is 415 g/mol. The number of benzene rings is 1. The fourth-order valence-electron chi connectivity index (χ4n) is 3.91. The van der Waals surface area contributed by atoms with Crippen molar-refractivity contribution in [2.75, 3.05) is 26.2 Å². The van der Waals surface area contributed by atoms with Gasteiger partial charge < -0.3 is 14.5 Å². The van der Waals surface area contributed by atoms with Crippen molar-refractivity contribution in [2.24, 2.45) is 0 Å². The van der Waals surface area contributed by atoms with Crippen molar-refractivity contribution in [2.45, 2.75) is 31.8 Å². The first-order chi connectivity index (χ1) is 14.5. The zero-order valence-electron chi connectivity index (χ0n) is 16.5. The van der Waals surface area contributed by atoms with Gasteiger partial charge in [-0.2, -0.15) is 0 Å². The largest absolute Gasteiger partial charge is 0.472 e. The first-order valence-corrected chi connectivity index (χ1v) is 10.2. The molecule has 4 rings (SSSR count). The highest BCUT2D eigenvalue weighted by atomic mass is 19.1. The van der Waals surface area contributed by atoms with Crippen molar-refractivity contribution in [1.29, 1.82) is 0 Å². The van der Waals surface area contributed by atoms with Crippen molar-refractivity contribution in [1.82, 2.24) is 14.8 Å². The highest BCUT2D eigenvalue weighted by Crippen LogP contribution is 2.24. The Morgan fingerprint density at radius 3 is 2.50 bits per heavy atom. The third kappa shape index (κ3) is 4.27. The minimum absolute atomic E-state index is 0.0999. The highest BCUT2D eigenvalue weighted by molar-refractivity contribution is 5.96. The van der Waals surface area contributed by atoms with Gasteiger partial charge in [0.2, 0.25) is 5.88 Å². The number of carbonyl (C=O) groups is 2. The normalized spacial score (nSPS) is 19.1. The molecule has 2 aliphatic rings. The van der Waals surface area contributed by atoms with Crippen molar-refractivity contribution in [3.8, 4) is 5.88 Å². The van der Waals surface area contributed by atoms with E-state index in [0.29, 0.717) is 24.6 Å². The maximum atomic E-state index is 13.9. The molecule has 0 spiro atoms. The van der Waals surface area contributed by atoms with E-state index in [-0.39, 0.29) is 30.0 Å². The van der Waals surface area contributed by atoms with E-state index in [0.717, 1.165) is 44.5 Å². The third-order valence-electron chi connectivity index (χ3n) is 5.52. The van der Waals surface area contributed by atoms with E-state index in [1.54, 1.807) is 18.3 Å². The Hall–Kier alpha value is -3.03. The van der Waals surface area contributed by atoms with Crippen LogP contribution in [0.4, 0.5) is 8.78 Å². The van der Waals surface area contributed by atoms with E-state index < -0.39 is 17.5 Å². The molecule has 2 fully saturated rings. The summed E-state index contributed by atoms with van der Waals surface area (Å²) < 4.78 is 33.0. The lowest BCUT2D eigenvalue weighted by atomic mass is 10.1. The summed E-state index contributed by atoms with van der Waals surface area (Å²) in [6, 6.07) is 6.31. The lowest BCUT2D eigenvalue weighted by Crippen LogP contribution is -2.36. The Labute approximate surface area is 173 Å². The molecule has 6 nitrogen and oxygen atoms in total. The molecule has 3 heterocycles. The molecule has 0 N–H and O–H groups in total. The zero-order chi connectivity index (χ0) is 21.1. The molecule has 2 aromatic rings. The van der Waals surface area contributed by atoms with Crippen molar-refractivity contribution in [3.63, 3.8) is 0 Å². The topological polar surface area (TPSA) is 62.7 Å². The molecule has 0 bridgehead atoms. The van der Waals surface area contributed by atoms with Crippen LogP contribution < -0.4 is 4.74 Å². The van der Waals surface area contributed by atoms with Gasteiger partial charge in [0, 0.05) is 38.3 Å². The molecule has 1 aromatic heterocycles. The van der Waals surface area contributed by atoms with E-state index in [9.17, 15) is 18.4 Å². The van der Waals surface area contributed by atoms with Gasteiger partial charge in [-0.25, -0.2) is 13.8 Å². The lowest BCUT2D eigenvalue weighted by molar-refractivity contribution is 0.0707. The van der Waals surface area contributed by atoms with Crippen molar-refractivity contribution in [3.05, 3.63) is 59.3 Å². The van der Waals surface area contributed by atoms with Crippen LogP contribution >= 0.6 is 0 Å². The summed E-state index contributed by atoms with van der Waals surface area (Å²) in [5, 5.41) is 0. The number of hydrogen-bond donors (Lipinski definition) is 0. The number of nitrogens with zero attached hydrogens (tertiary/aromatic N) is 3. The molecule has 1 atom stereocenters. The number of ether oxygens (including phenoxy) is 1. The molecule has 2 saturated heterocycles. The van der Waals surface area contributed by atoms with Crippen LogP contribution in [0, 0.1) is 11.6 Å². The number of rotatable bonds is 4. The molecular formula is C22H23F2N3O3. The Morgan fingerprint density at radius 1 is 0.967 bits per heavy atom. The second-order valence-electron chi connectivity index (χ2n) is 7.61. The summed E-state index contributed by atoms with van der Waals surface area (Å²) >= 11 is 0. The molecule has 2 amide bonds. The molecule has 2 aliphatic heterocycles. The van der Waals surface area contributed by atoms with Gasteiger partial charge in [0.15, 0.2) is 0 Å². The second kappa shape index (κ2) is 8.77. The van der Waals surface area contributed by atoms with Crippen molar-refractivity contribution < 1.29 is 23.1 Å².